The third kappa shape index (κ3) is 2.65. The average Bonchev–Trinajstić information content (AvgIpc) is 3.08. The summed E-state index contributed by atoms with van der Waals surface area (Å²) in [7, 11) is 0. The standard InChI is InChI=1S/C15H26N2O2/c1-11-4-3-9-17(11)13-5-2-8-15(10-13,14(18)19)16-12-6-7-12/h11-13,16H,2-10H2,1H3,(H,18,19). The van der Waals surface area contributed by atoms with Crippen LogP contribution in [0.25, 0.3) is 0 Å². The molecule has 3 fully saturated rings. The lowest BCUT2D eigenvalue weighted by atomic mass is 9.78. The Morgan fingerprint density at radius 3 is 2.63 bits per heavy atom. The Labute approximate surface area is 115 Å². The number of carbonyl (C=O) groups is 1. The highest BCUT2D eigenvalue weighted by molar-refractivity contribution is 5.79. The van der Waals surface area contributed by atoms with Crippen LogP contribution in [-0.2, 0) is 4.79 Å². The molecule has 1 aliphatic heterocycles. The number of nitrogens with one attached hydrogen (secondary N) is 1. The predicted octanol–water partition coefficient (Wildman–Crippen LogP) is 1.99. The van der Waals surface area contributed by atoms with Gasteiger partial charge in [-0.15, -0.1) is 0 Å². The molecule has 0 aromatic carbocycles. The van der Waals surface area contributed by atoms with Gasteiger partial charge in [0.15, 0.2) is 0 Å². The van der Waals surface area contributed by atoms with E-state index < -0.39 is 11.5 Å². The van der Waals surface area contributed by atoms with Gasteiger partial charge in [0.25, 0.3) is 0 Å². The van der Waals surface area contributed by atoms with Crippen LogP contribution >= 0.6 is 0 Å². The minimum absolute atomic E-state index is 0.464. The van der Waals surface area contributed by atoms with E-state index in [0.717, 1.165) is 38.6 Å². The summed E-state index contributed by atoms with van der Waals surface area (Å²) in [6.07, 6.45) is 8.66. The van der Waals surface area contributed by atoms with Crippen molar-refractivity contribution in [1.29, 1.82) is 0 Å². The van der Waals surface area contributed by atoms with Crippen molar-refractivity contribution < 1.29 is 9.90 Å². The van der Waals surface area contributed by atoms with Gasteiger partial charge >= 0.3 is 5.97 Å². The molecule has 0 spiro atoms. The second-order valence-electron chi connectivity index (χ2n) is 6.79. The van der Waals surface area contributed by atoms with Crippen molar-refractivity contribution in [2.75, 3.05) is 6.54 Å². The van der Waals surface area contributed by atoms with Crippen LogP contribution in [0.4, 0.5) is 0 Å². The fraction of sp³-hybridized carbons (Fsp3) is 0.933. The summed E-state index contributed by atoms with van der Waals surface area (Å²) in [5.74, 6) is -0.629. The normalized spacial score (nSPS) is 40.5. The van der Waals surface area contributed by atoms with E-state index in [4.69, 9.17) is 0 Å². The molecule has 3 rings (SSSR count). The van der Waals surface area contributed by atoms with Crippen molar-refractivity contribution in [3.05, 3.63) is 0 Å². The maximum atomic E-state index is 11.8. The summed E-state index contributed by atoms with van der Waals surface area (Å²) in [4.78, 5) is 14.4. The van der Waals surface area contributed by atoms with Gasteiger partial charge in [0.05, 0.1) is 0 Å². The topological polar surface area (TPSA) is 52.6 Å². The molecule has 3 atom stereocenters. The predicted molar refractivity (Wildman–Crippen MR) is 74.2 cm³/mol. The molecule has 2 saturated carbocycles. The minimum Gasteiger partial charge on any atom is -0.480 e. The molecule has 0 aromatic heterocycles. The number of carboxylic acid groups (broad SMARTS) is 1. The van der Waals surface area contributed by atoms with Crippen LogP contribution in [0.3, 0.4) is 0 Å². The summed E-state index contributed by atoms with van der Waals surface area (Å²) in [6.45, 7) is 3.45. The monoisotopic (exact) mass is 266 g/mol. The van der Waals surface area contributed by atoms with E-state index >= 15 is 0 Å². The minimum atomic E-state index is -0.646. The molecule has 0 amide bonds. The maximum absolute atomic E-state index is 11.8. The Morgan fingerprint density at radius 2 is 2.05 bits per heavy atom. The average molecular weight is 266 g/mol. The fourth-order valence-corrected chi connectivity index (χ4v) is 4.03. The quantitative estimate of drug-likeness (QED) is 0.817. The first kappa shape index (κ1) is 13.4. The second-order valence-corrected chi connectivity index (χ2v) is 6.79. The van der Waals surface area contributed by atoms with Gasteiger partial charge < -0.3 is 5.11 Å². The first-order chi connectivity index (χ1) is 9.11. The lowest BCUT2D eigenvalue weighted by Crippen LogP contribution is -2.59. The number of hydrogen-bond acceptors (Lipinski definition) is 3. The maximum Gasteiger partial charge on any atom is 0.323 e. The molecule has 3 aliphatic rings. The van der Waals surface area contributed by atoms with E-state index in [1.807, 2.05) is 0 Å². The zero-order valence-electron chi connectivity index (χ0n) is 11.9. The van der Waals surface area contributed by atoms with Crippen molar-refractivity contribution in [3.63, 3.8) is 0 Å². The molecule has 2 aliphatic carbocycles. The second kappa shape index (κ2) is 5.06. The summed E-state index contributed by atoms with van der Waals surface area (Å²) in [5, 5.41) is 13.2. The summed E-state index contributed by atoms with van der Waals surface area (Å²) < 4.78 is 0. The molecule has 4 heteroatoms. The van der Waals surface area contributed by atoms with Crippen molar-refractivity contribution in [1.82, 2.24) is 10.2 Å². The van der Waals surface area contributed by atoms with Gasteiger partial charge in [-0.05, 0) is 64.8 Å². The lowest BCUT2D eigenvalue weighted by molar-refractivity contribution is -0.147. The Hall–Kier alpha value is -0.610. The Bertz CT molecular complexity index is 356. The van der Waals surface area contributed by atoms with Crippen molar-refractivity contribution in [2.45, 2.75) is 82.0 Å². The van der Waals surface area contributed by atoms with Gasteiger partial charge in [-0.3, -0.25) is 15.0 Å². The van der Waals surface area contributed by atoms with Crippen LogP contribution in [0.5, 0.6) is 0 Å². The lowest BCUT2D eigenvalue weighted by Gasteiger charge is -2.43. The molecule has 108 valence electrons. The van der Waals surface area contributed by atoms with Gasteiger partial charge in [-0.1, -0.05) is 0 Å². The third-order valence-electron chi connectivity index (χ3n) is 5.27. The SMILES string of the molecule is CC1CCCN1C1CCCC(NC2CC2)(C(=O)O)C1. The number of carboxylic acids is 1. The summed E-state index contributed by atoms with van der Waals surface area (Å²) in [6, 6.07) is 1.56. The number of aliphatic carboxylic acids is 1. The van der Waals surface area contributed by atoms with Crippen molar-refractivity contribution in [3.8, 4) is 0 Å². The summed E-state index contributed by atoms with van der Waals surface area (Å²) in [5.41, 5.74) is -0.646. The Balaban J connectivity index is 1.72. The molecule has 2 N–H and O–H groups in total. The molecule has 3 unspecified atom stereocenters. The zero-order chi connectivity index (χ0) is 13.5. The van der Waals surface area contributed by atoms with Gasteiger partial charge in [-0.2, -0.15) is 0 Å². The zero-order valence-corrected chi connectivity index (χ0v) is 11.9. The van der Waals surface area contributed by atoms with Gasteiger partial charge in [0.1, 0.15) is 5.54 Å². The number of rotatable bonds is 4. The van der Waals surface area contributed by atoms with Crippen LogP contribution in [0, 0.1) is 0 Å². The molecule has 0 aromatic rings. The molecular formula is C15H26N2O2. The van der Waals surface area contributed by atoms with E-state index in [-0.39, 0.29) is 0 Å². The Morgan fingerprint density at radius 1 is 1.26 bits per heavy atom. The van der Waals surface area contributed by atoms with E-state index in [1.54, 1.807) is 0 Å². The summed E-state index contributed by atoms with van der Waals surface area (Å²) >= 11 is 0. The van der Waals surface area contributed by atoms with Crippen molar-refractivity contribution in [2.24, 2.45) is 0 Å². The number of hydrogen-bond donors (Lipinski definition) is 2. The van der Waals surface area contributed by atoms with E-state index in [9.17, 15) is 9.90 Å². The number of nitrogens with zero attached hydrogens (tertiary/aromatic N) is 1. The Kier molecular flexibility index (Phi) is 3.56. The molecular weight excluding hydrogens is 240 g/mol. The highest BCUT2D eigenvalue weighted by Crippen LogP contribution is 2.37. The van der Waals surface area contributed by atoms with Crippen LogP contribution in [0.1, 0.15) is 58.3 Å². The highest BCUT2D eigenvalue weighted by Gasteiger charge is 2.47. The van der Waals surface area contributed by atoms with Gasteiger partial charge in [0, 0.05) is 18.1 Å². The van der Waals surface area contributed by atoms with Crippen LogP contribution < -0.4 is 5.32 Å². The molecule has 19 heavy (non-hydrogen) atoms. The fourth-order valence-electron chi connectivity index (χ4n) is 4.03. The van der Waals surface area contributed by atoms with Crippen LogP contribution in [0.2, 0.25) is 0 Å². The number of likely N-dealkylation sites (tertiary alicyclic amines) is 1. The largest absolute Gasteiger partial charge is 0.480 e. The first-order valence-electron chi connectivity index (χ1n) is 7.87. The highest BCUT2D eigenvalue weighted by atomic mass is 16.4. The third-order valence-corrected chi connectivity index (χ3v) is 5.27. The van der Waals surface area contributed by atoms with Crippen LogP contribution in [-0.4, -0.2) is 46.2 Å². The van der Waals surface area contributed by atoms with E-state index in [2.05, 4.69) is 17.1 Å². The van der Waals surface area contributed by atoms with E-state index in [0.29, 0.717) is 18.1 Å². The molecule has 4 nitrogen and oxygen atoms in total. The first-order valence-corrected chi connectivity index (χ1v) is 7.87. The van der Waals surface area contributed by atoms with Crippen molar-refractivity contribution >= 4 is 5.97 Å². The van der Waals surface area contributed by atoms with Gasteiger partial charge in [0.2, 0.25) is 0 Å². The molecule has 1 saturated heterocycles. The van der Waals surface area contributed by atoms with E-state index in [1.165, 1.54) is 19.3 Å². The smallest absolute Gasteiger partial charge is 0.323 e. The molecule has 0 radical (unpaired) electrons. The molecule has 1 heterocycles. The van der Waals surface area contributed by atoms with Crippen LogP contribution in [0.15, 0.2) is 0 Å². The molecule has 0 bridgehead atoms. The van der Waals surface area contributed by atoms with Gasteiger partial charge in [-0.25, -0.2) is 0 Å².